The molecular formula is C11H9F2N3O. The van der Waals surface area contributed by atoms with Crippen molar-refractivity contribution in [3.05, 3.63) is 47.2 Å². The Hall–Kier alpha value is -2.24. The van der Waals surface area contributed by atoms with Crippen molar-refractivity contribution < 1.29 is 13.6 Å². The normalized spacial score (nSPS) is 10.5. The summed E-state index contributed by atoms with van der Waals surface area (Å²) < 4.78 is 25.6. The van der Waals surface area contributed by atoms with E-state index in [2.05, 4.69) is 10.2 Å². The van der Waals surface area contributed by atoms with E-state index in [1.807, 2.05) is 0 Å². The van der Waals surface area contributed by atoms with E-state index in [-0.39, 0.29) is 23.6 Å². The fourth-order valence-electron chi connectivity index (χ4n) is 1.45. The second-order valence-corrected chi connectivity index (χ2v) is 3.55. The zero-order valence-electron chi connectivity index (χ0n) is 8.71. The van der Waals surface area contributed by atoms with Crippen LogP contribution in [0, 0.1) is 11.6 Å². The fourth-order valence-corrected chi connectivity index (χ4v) is 1.45. The monoisotopic (exact) mass is 237 g/mol. The van der Waals surface area contributed by atoms with Crippen molar-refractivity contribution in [3.8, 4) is 0 Å². The highest BCUT2D eigenvalue weighted by atomic mass is 19.2. The number of nitrogens with one attached hydrogen (secondary N) is 1. The number of hydrogen-bond donors (Lipinski definition) is 2. The maximum absolute atomic E-state index is 12.9. The first-order valence-electron chi connectivity index (χ1n) is 4.84. The molecule has 2 rings (SSSR count). The Balaban J connectivity index is 2.19. The van der Waals surface area contributed by atoms with Gasteiger partial charge in [0.2, 0.25) is 0 Å². The van der Waals surface area contributed by atoms with Crippen molar-refractivity contribution in [1.82, 2.24) is 10.2 Å². The molecule has 0 spiro atoms. The molecule has 0 bridgehead atoms. The van der Waals surface area contributed by atoms with Gasteiger partial charge in [0.1, 0.15) is 5.82 Å². The molecule has 0 aliphatic heterocycles. The van der Waals surface area contributed by atoms with Gasteiger partial charge in [-0.05, 0) is 17.7 Å². The van der Waals surface area contributed by atoms with Gasteiger partial charge in [-0.1, -0.05) is 6.07 Å². The highest BCUT2D eigenvalue weighted by Crippen LogP contribution is 2.14. The maximum Gasteiger partial charge on any atom is 0.172 e. The number of carbonyl (C=O) groups excluding carboxylic acids is 1. The lowest BCUT2D eigenvalue weighted by Crippen LogP contribution is -2.06. The second kappa shape index (κ2) is 4.32. The third-order valence-electron chi connectivity index (χ3n) is 2.32. The number of rotatable bonds is 3. The third kappa shape index (κ3) is 2.30. The molecule has 6 heteroatoms. The van der Waals surface area contributed by atoms with Gasteiger partial charge < -0.3 is 5.73 Å². The van der Waals surface area contributed by atoms with Crippen LogP contribution >= 0.6 is 0 Å². The molecule has 1 aromatic carbocycles. The first-order valence-corrected chi connectivity index (χ1v) is 4.84. The van der Waals surface area contributed by atoms with E-state index in [9.17, 15) is 13.6 Å². The van der Waals surface area contributed by atoms with Crippen molar-refractivity contribution in [2.24, 2.45) is 0 Å². The molecule has 0 amide bonds. The molecule has 0 aliphatic rings. The van der Waals surface area contributed by atoms with Crippen LogP contribution in [0.3, 0.4) is 0 Å². The van der Waals surface area contributed by atoms with E-state index in [0.29, 0.717) is 5.56 Å². The number of halogens is 2. The first-order chi connectivity index (χ1) is 8.08. The Morgan fingerprint density at radius 1 is 1.35 bits per heavy atom. The minimum Gasteiger partial charge on any atom is -0.383 e. The molecule has 1 heterocycles. The number of H-pyrrole nitrogens is 1. The van der Waals surface area contributed by atoms with E-state index < -0.39 is 11.6 Å². The lowest BCUT2D eigenvalue weighted by Gasteiger charge is -2.01. The minimum absolute atomic E-state index is 0.0546. The number of benzene rings is 1. The van der Waals surface area contributed by atoms with Gasteiger partial charge in [0.05, 0.1) is 11.8 Å². The molecule has 0 saturated heterocycles. The van der Waals surface area contributed by atoms with Crippen LogP contribution in [0.5, 0.6) is 0 Å². The first kappa shape index (κ1) is 11.3. The number of nitrogen functional groups attached to an aromatic ring is 1. The number of nitrogens with two attached hydrogens (primary N) is 1. The SMILES string of the molecule is Nc1[nH]ncc1C(=O)Cc1ccc(F)c(F)c1. The van der Waals surface area contributed by atoms with Gasteiger partial charge in [0, 0.05) is 6.42 Å². The van der Waals surface area contributed by atoms with E-state index in [0.717, 1.165) is 12.1 Å². The molecule has 0 aliphatic carbocycles. The molecule has 0 unspecified atom stereocenters. The number of aromatic amines is 1. The Kier molecular flexibility index (Phi) is 2.86. The van der Waals surface area contributed by atoms with Crippen LogP contribution in [0.1, 0.15) is 15.9 Å². The number of hydrogen-bond acceptors (Lipinski definition) is 3. The highest BCUT2D eigenvalue weighted by Gasteiger charge is 2.13. The summed E-state index contributed by atoms with van der Waals surface area (Å²) >= 11 is 0. The van der Waals surface area contributed by atoms with Crippen molar-refractivity contribution in [1.29, 1.82) is 0 Å². The zero-order chi connectivity index (χ0) is 12.4. The molecule has 0 atom stereocenters. The van der Waals surface area contributed by atoms with Crippen LogP contribution < -0.4 is 5.73 Å². The fraction of sp³-hybridized carbons (Fsp3) is 0.0909. The Morgan fingerprint density at radius 2 is 2.12 bits per heavy atom. The van der Waals surface area contributed by atoms with Gasteiger partial charge >= 0.3 is 0 Å². The van der Waals surface area contributed by atoms with Crippen LogP contribution in [-0.4, -0.2) is 16.0 Å². The lowest BCUT2D eigenvalue weighted by atomic mass is 10.0. The molecule has 4 nitrogen and oxygen atoms in total. The molecule has 2 aromatic rings. The molecule has 0 radical (unpaired) electrons. The summed E-state index contributed by atoms with van der Waals surface area (Å²) in [5, 5.41) is 6.04. The van der Waals surface area contributed by atoms with Crippen molar-refractivity contribution in [2.45, 2.75) is 6.42 Å². The standard InChI is InChI=1S/C11H9F2N3O/c12-8-2-1-6(3-9(8)13)4-10(17)7-5-15-16-11(7)14/h1-3,5H,4H2,(H3,14,15,16). The van der Waals surface area contributed by atoms with Crippen LogP contribution in [-0.2, 0) is 6.42 Å². The number of Topliss-reactive ketones (excluding diaryl/α,β-unsaturated/α-hetero) is 1. The number of ketones is 1. The molecule has 88 valence electrons. The van der Waals surface area contributed by atoms with E-state index >= 15 is 0 Å². The van der Waals surface area contributed by atoms with Gasteiger partial charge in [-0.3, -0.25) is 9.89 Å². The van der Waals surface area contributed by atoms with Crippen LogP contribution in [0.15, 0.2) is 24.4 Å². The van der Waals surface area contributed by atoms with Crippen LogP contribution in [0.2, 0.25) is 0 Å². The molecular weight excluding hydrogens is 228 g/mol. The van der Waals surface area contributed by atoms with Crippen molar-refractivity contribution >= 4 is 11.6 Å². The molecule has 1 aromatic heterocycles. The molecule has 0 saturated carbocycles. The third-order valence-corrected chi connectivity index (χ3v) is 2.32. The van der Waals surface area contributed by atoms with Crippen LogP contribution in [0.25, 0.3) is 0 Å². The van der Waals surface area contributed by atoms with Crippen molar-refractivity contribution in [2.75, 3.05) is 5.73 Å². The summed E-state index contributed by atoms with van der Waals surface area (Å²) in [6, 6.07) is 3.33. The summed E-state index contributed by atoms with van der Waals surface area (Å²) in [5.74, 6) is -2.06. The Labute approximate surface area is 95.4 Å². The minimum atomic E-state index is -0.976. The second-order valence-electron chi connectivity index (χ2n) is 3.55. The van der Waals surface area contributed by atoms with Gasteiger partial charge in [-0.15, -0.1) is 0 Å². The number of anilines is 1. The van der Waals surface area contributed by atoms with E-state index in [1.165, 1.54) is 12.3 Å². The van der Waals surface area contributed by atoms with Gasteiger partial charge in [-0.2, -0.15) is 5.10 Å². The lowest BCUT2D eigenvalue weighted by molar-refractivity contribution is 0.0994. The molecule has 0 fully saturated rings. The van der Waals surface area contributed by atoms with Crippen LogP contribution in [0.4, 0.5) is 14.6 Å². The quantitative estimate of drug-likeness (QED) is 0.798. The highest BCUT2D eigenvalue weighted by molar-refractivity contribution is 6.00. The number of aromatic nitrogens is 2. The zero-order valence-corrected chi connectivity index (χ0v) is 8.71. The smallest absolute Gasteiger partial charge is 0.172 e. The van der Waals surface area contributed by atoms with E-state index in [4.69, 9.17) is 5.73 Å². The molecule has 17 heavy (non-hydrogen) atoms. The summed E-state index contributed by atoms with van der Waals surface area (Å²) in [5.41, 5.74) is 6.11. The van der Waals surface area contributed by atoms with E-state index in [1.54, 1.807) is 0 Å². The average Bonchev–Trinajstić information content (AvgIpc) is 2.70. The maximum atomic E-state index is 12.9. The topological polar surface area (TPSA) is 71.8 Å². The summed E-state index contributed by atoms with van der Waals surface area (Å²) in [4.78, 5) is 11.7. The van der Waals surface area contributed by atoms with Gasteiger partial charge in [0.25, 0.3) is 0 Å². The number of carbonyl (C=O) groups is 1. The van der Waals surface area contributed by atoms with Crippen molar-refractivity contribution in [3.63, 3.8) is 0 Å². The van der Waals surface area contributed by atoms with Gasteiger partial charge in [0.15, 0.2) is 17.4 Å². The Bertz CT molecular complexity index is 566. The van der Waals surface area contributed by atoms with Gasteiger partial charge in [-0.25, -0.2) is 8.78 Å². The predicted octanol–water partition coefficient (Wildman–Crippen LogP) is 1.70. The summed E-state index contributed by atoms with van der Waals surface area (Å²) in [7, 11) is 0. The summed E-state index contributed by atoms with van der Waals surface area (Å²) in [6.45, 7) is 0. The Morgan fingerprint density at radius 3 is 2.71 bits per heavy atom. The average molecular weight is 237 g/mol. The largest absolute Gasteiger partial charge is 0.383 e. The summed E-state index contributed by atoms with van der Waals surface area (Å²) in [6.07, 6.45) is 1.25. The number of nitrogens with zero attached hydrogens (tertiary/aromatic N) is 1. The predicted molar refractivity (Wildman–Crippen MR) is 57.4 cm³/mol. The molecule has 3 N–H and O–H groups in total.